The Kier molecular flexibility index (Phi) is 4.99. The molecule has 1 atom stereocenters. The molecular weight excluding hydrogens is 332 g/mol. The summed E-state index contributed by atoms with van der Waals surface area (Å²) < 4.78 is 28.6. The van der Waals surface area contributed by atoms with Gasteiger partial charge >= 0.3 is 0 Å². The molecule has 0 radical (unpaired) electrons. The van der Waals surface area contributed by atoms with Crippen molar-refractivity contribution in [3.63, 3.8) is 0 Å². The van der Waals surface area contributed by atoms with Crippen LogP contribution in [0.2, 0.25) is 0 Å². The highest BCUT2D eigenvalue weighted by atomic mass is 32.2. The molecule has 0 amide bonds. The lowest BCUT2D eigenvalue weighted by molar-refractivity contribution is 0.129. The number of sulfone groups is 1. The second-order valence-corrected chi connectivity index (χ2v) is 8.54. The highest BCUT2D eigenvalue weighted by molar-refractivity contribution is 7.99. The van der Waals surface area contributed by atoms with Crippen molar-refractivity contribution >= 4 is 21.6 Å². The summed E-state index contributed by atoms with van der Waals surface area (Å²) in [6.45, 7) is 0.851. The van der Waals surface area contributed by atoms with E-state index >= 15 is 0 Å². The first kappa shape index (κ1) is 16.4. The zero-order valence-corrected chi connectivity index (χ0v) is 14.4. The molecule has 7 heteroatoms. The Labute approximate surface area is 140 Å². The van der Waals surface area contributed by atoms with E-state index in [1.54, 1.807) is 48.4 Å². The summed E-state index contributed by atoms with van der Waals surface area (Å²) in [7, 11) is -3.18. The van der Waals surface area contributed by atoms with Crippen molar-refractivity contribution in [2.24, 2.45) is 0 Å². The van der Waals surface area contributed by atoms with Crippen LogP contribution in [-0.2, 0) is 14.6 Å². The molecule has 2 aromatic rings. The van der Waals surface area contributed by atoms with Gasteiger partial charge in [-0.05, 0) is 25.0 Å². The molecule has 0 unspecified atom stereocenters. The first-order valence-corrected chi connectivity index (χ1v) is 10.3. The van der Waals surface area contributed by atoms with E-state index in [-0.39, 0.29) is 0 Å². The summed E-state index contributed by atoms with van der Waals surface area (Å²) in [6, 6.07) is 6.71. The van der Waals surface area contributed by atoms with Gasteiger partial charge in [0.2, 0.25) is 0 Å². The van der Waals surface area contributed by atoms with E-state index < -0.39 is 9.84 Å². The number of ether oxygens (including phenoxy) is 1. The maximum atomic E-state index is 11.5. The molecule has 1 aromatic carbocycles. The molecule has 5 nitrogen and oxygen atoms in total. The maximum absolute atomic E-state index is 11.5. The predicted octanol–water partition coefficient (Wildman–Crippen LogP) is 2.82. The molecule has 0 aliphatic carbocycles. The van der Waals surface area contributed by atoms with Crippen LogP contribution in [0.3, 0.4) is 0 Å². The quantitative estimate of drug-likeness (QED) is 0.773. The van der Waals surface area contributed by atoms with Crippen molar-refractivity contribution in [2.45, 2.75) is 28.9 Å². The van der Waals surface area contributed by atoms with Crippen LogP contribution in [0.4, 0.5) is 0 Å². The number of nitrogens with zero attached hydrogens (tertiary/aromatic N) is 2. The number of benzene rings is 1. The topological polar surface area (TPSA) is 69.2 Å². The van der Waals surface area contributed by atoms with Crippen LogP contribution in [0.5, 0.6) is 0 Å². The summed E-state index contributed by atoms with van der Waals surface area (Å²) in [6.07, 6.45) is 7.17. The van der Waals surface area contributed by atoms with Gasteiger partial charge in [0.15, 0.2) is 9.84 Å². The summed E-state index contributed by atoms with van der Waals surface area (Å²) in [5, 5.41) is 0.852. The lowest BCUT2D eigenvalue weighted by atomic mass is 10.2. The third-order valence-electron chi connectivity index (χ3n) is 3.63. The fraction of sp³-hybridized carbons (Fsp3) is 0.375. The molecule has 1 aromatic heterocycles. The van der Waals surface area contributed by atoms with Gasteiger partial charge < -0.3 is 4.74 Å². The van der Waals surface area contributed by atoms with Crippen LogP contribution in [0.25, 0.3) is 11.3 Å². The Morgan fingerprint density at radius 3 is 2.70 bits per heavy atom. The zero-order valence-electron chi connectivity index (χ0n) is 12.8. The highest BCUT2D eigenvalue weighted by Crippen LogP contribution is 2.25. The van der Waals surface area contributed by atoms with Crippen molar-refractivity contribution in [2.75, 3.05) is 18.6 Å². The average Bonchev–Trinajstić information content (AvgIpc) is 3.06. The number of rotatable bonds is 5. The first-order chi connectivity index (χ1) is 11.0. The molecule has 3 rings (SSSR count). The van der Waals surface area contributed by atoms with E-state index in [1.807, 2.05) is 0 Å². The van der Waals surface area contributed by atoms with Crippen molar-refractivity contribution in [1.82, 2.24) is 9.97 Å². The molecule has 1 saturated heterocycles. The van der Waals surface area contributed by atoms with Gasteiger partial charge in [-0.15, -0.1) is 11.8 Å². The Bertz CT molecular complexity index is 770. The smallest absolute Gasteiger partial charge is 0.175 e. The van der Waals surface area contributed by atoms with Gasteiger partial charge in [-0.2, -0.15) is 0 Å². The number of aromatic nitrogens is 2. The van der Waals surface area contributed by atoms with Gasteiger partial charge in [0.1, 0.15) is 5.03 Å². The standard InChI is InChI=1S/C16H18N2O3S2/c1-23(19,20)14-6-4-12(5-7-14)15-9-17-10-16(18-15)22-11-13-3-2-8-21-13/h4-7,9-10,13H,2-3,8,11H2,1H3/t13-/m1/s1. The van der Waals surface area contributed by atoms with E-state index in [0.717, 1.165) is 41.5 Å². The van der Waals surface area contributed by atoms with Gasteiger partial charge in [0.05, 0.1) is 29.1 Å². The molecule has 0 spiro atoms. The minimum Gasteiger partial charge on any atom is -0.377 e. The van der Waals surface area contributed by atoms with E-state index in [4.69, 9.17) is 4.74 Å². The van der Waals surface area contributed by atoms with E-state index in [0.29, 0.717) is 11.0 Å². The van der Waals surface area contributed by atoms with Gasteiger partial charge in [-0.1, -0.05) is 12.1 Å². The van der Waals surface area contributed by atoms with E-state index in [9.17, 15) is 8.42 Å². The fourth-order valence-corrected chi connectivity index (χ4v) is 3.93. The van der Waals surface area contributed by atoms with Crippen molar-refractivity contribution in [1.29, 1.82) is 0 Å². The van der Waals surface area contributed by atoms with Crippen LogP contribution in [0.1, 0.15) is 12.8 Å². The molecule has 0 N–H and O–H groups in total. The lowest BCUT2D eigenvalue weighted by Crippen LogP contribution is -2.08. The molecule has 23 heavy (non-hydrogen) atoms. The highest BCUT2D eigenvalue weighted by Gasteiger charge is 2.16. The van der Waals surface area contributed by atoms with Gasteiger partial charge in [-0.3, -0.25) is 4.98 Å². The number of thioether (sulfide) groups is 1. The SMILES string of the molecule is CS(=O)(=O)c1ccc(-c2cncc(SC[C@H]3CCCO3)n2)cc1. The van der Waals surface area contributed by atoms with Gasteiger partial charge in [0.25, 0.3) is 0 Å². The lowest BCUT2D eigenvalue weighted by Gasteiger charge is -2.09. The summed E-state index contributed by atoms with van der Waals surface area (Å²) >= 11 is 1.64. The molecule has 1 aliphatic rings. The Morgan fingerprint density at radius 2 is 2.04 bits per heavy atom. The second kappa shape index (κ2) is 6.98. The third-order valence-corrected chi connectivity index (χ3v) is 5.79. The van der Waals surface area contributed by atoms with Crippen molar-refractivity contribution in [3.05, 3.63) is 36.7 Å². The van der Waals surface area contributed by atoms with Crippen LogP contribution in [0, 0.1) is 0 Å². The zero-order chi connectivity index (χ0) is 16.3. The van der Waals surface area contributed by atoms with Gasteiger partial charge in [0, 0.05) is 24.2 Å². The molecule has 2 heterocycles. The van der Waals surface area contributed by atoms with Gasteiger partial charge in [-0.25, -0.2) is 13.4 Å². The first-order valence-electron chi connectivity index (χ1n) is 7.39. The van der Waals surface area contributed by atoms with E-state index in [1.165, 1.54) is 6.26 Å². The molecule has 1 aliphatic heterocycles. The Balaban J connectivity index is 1.73. The van der Waals surface area contributed by atoms with Crippen LogP contribution in [-0.4, -0.2) is 43.1 Å². The largest absolute Gasteiger partial charge is 0.377 e. The molecule has 0 saturated carbocycles. The van der Waals surface area contributed by atoms with Crippen molar-refractivity contribution in [3.8, 4) is 11.3 Å². The van der Waals surface area contributed by atoms with Crippen LogP contribution >= 0.6 is 11.8 Å². The molecule has 1 fully saturated rings. The minimum absolute atomic E-state index is 0.304. The second-order valence-electron chi connectivity index (χ2n) is 5.49. The van der Waals surface area contributed by atoms with Crippen molar-refractivity contribution < 1.29 is 13.2 Å². The normalized spacial score (nSPS) is 18.2. The molecular formula is C16H18N2O3S2. The maximum Gasteiger partial charge on any atom is 0.175 e. The Hall–Kier alpha value is -1.44. The number of hydrogen-bond acceptors (Lipinski definition) is 6. The average molecular weight is 350 g/mol. The summed E-state index contributed by atoms with van der Waals surface area (Å²) in [4.78, 5) is 9.13. The van der Waals surface area contributed by atoms with Crippen LogP contribution in [0.15, 0.2) is 46.6 Å². The summed E-state index contributed by atoms with van der Waals surface area (Å²) in [5.41, 5.74) is 1.59. The summed E-state index contributed by atoms with van der Waals surface area (Å²) in [5.74, 6) is 0.880. The van der Waals surface area contributed by atoms with E-state index in [2.05, 4.69) is 9.97 Å². The monoisotopic (exact) mass is 350 g/mol. The predicted molar refractivity (Wildman–Crippen MR) is 90.3 cm³/mol. The van der Waals surface area contributed by atoms with Crippen LogP contribution < -0.4 is 0 Å². The molecule has 122 valence electrons. The molecule has 0 bridgehead atoms. The fourth-order valence-electron chi connectivity index (χ4n) is 2.38. The number of hydrogen-bond donors (Lipinski definition) is 0. The minimum atomic E-state index is -3.18. The Morgan fingerprint density at radius 1 is 1.26 bits per heavy atom. The third kappa shape index (κ3) is 4.31.